The van der Waals surface area contributed by atoms with Gasteiger partial charge in [-0.3, -0.25) is 5.41 Å². The summed E-state index contributed by atoms with van der Waals surface area (Å²) < 4.78 is 0. The van der Waals surface area contributed by atoms with E-state index in [1.54, 1.807) is 0 Å². The van der Waals surface area contributed by atoms with Crippen molar-refractivity contribution >= 4 is 11.7 Å². The van der Waals surface area contributed by atoms with E-state index in [2.05, 4.69) is 78.9 Å². The maximum atomic E-state index is 8.80. The third-order valence-electron chi connectivity index (χ3n) is 6.29. The number of amidine groups is 2. The van der Waals surface area contributed by atoms with Crippen molar-refractivity contribution in [2.75, 3.05) is 14.1 Å². The first kappa shape index (κ1) is 24.0. The molecule has 0 unspecified atom stereocenters. The second kappa shape index (κ2) is 10.9. The first-order chi connectivity index (χ1) is 18.1. The van der Waals surface area contributed by atoms with Crippen molar-refractivity contribution in [1.29, 1.82) is 5.41 Å². The van der Waals surface area contributed by atoms with E-state index >= 15 is 0 Å². The highest BCUT2D eigenvalue weighted by Crippen LogP contribution is 2.33. The van der Waals surface area contributed by atoms with Crippen molar-refractivity contribution in [2.45, 2.75) is 0 Å². The molecule has 5 aromatic rings. The Morgan fingerprint density at radius 1 is 0.486 bits per heavy atom. The van der Waals surface area contributed by atoms with E-state index in [0.29, 0.717) is 0 Å². The molecule has 0 aliphatic carbocycles. The van der Waals surface area contributed by atoms with Gasteiger partial charge in [-0.25, -0.2) is 4.99 Å². The summed E-state index contributed by atoms with van der Waals surface area (Å²) >= 11 is 0. The topological polar surface area (TPSA) is 39.5 Å². The zero-order chi connectivity index (χ0) is 25.6. The van der Waals surface area contributed by atoms with Crippen LogP contribution in [0.2, 0.25) is 0 Å². The maximum absolute atomic E-state index is 8.80. The summed E-state index contributed by atoms with van der Waals surface area (Å²) in [7, 11) is 3.91. The van der Waals surface area contributed by atoms with Gasteiger partial charge in [-0.1, -0.05) is 109 Å². The smallest absolute Gasteiger partial charge is 0.154 e. The van der Waals surface area contributed by atoms with Gasteiger partial charge in [0, 0.05) is 25.2 Å². The molecule has 0 fully saturated rings. The van der Waals surface area contributed by atoms with Crippen molar-refractivity contribution < 1.29 is 0 Å². The lowest BCUT2D eigenvalue weighted by molar-refractivity contribution is 0.625. The van der Waals surface area contributed by atoms with Crippen LogP contribution < -0.4 is 0 Å². The van der Waals surface area contributed by atoms with Crippen LogP contribution in [0.25, 0.3) is 33.4 Å². The van der Waals surface area contributed by atoms with Gasteiger partial charge >= 0.3 is 0 Å². The average Bonchev–Trinajstić information content (AvgIpc) is 2.97. The van der Waals surface area contributed by atoms with Crippen LogP contribution in [0.5, 0.6) is 0 Å². The number of aliphatic imine (C=N–C) groups is 1. The molecule has 180 valence electrons. The highest BCUT2D eigenvalue weighted by molar-refractivity contribution is 6.10. The fourth-order valence-corrected chi connectivity index (χ4v) is 4.42. The lowest BCUT2D eigenvalue weighted by Crippen LogP contribution is -2.24. The van der Waals surface area contributed by atoms with Gasteiger partial charge in [0.15, 0.2) is 5.84 Å². The van der Waals surface area contributed by atoms with Crippen molar-refractivity contribution in [3.8, 4) is 33.4 Å². The standard InChI is InChI=1S/C34H29N3/c1-37(2)34(27-17-10-5-11-18-27)36-33(35)29-20-12-19-28(21-29)32-23-30(25-13-6-3-7-14-25)22-31(24-32)26-15-8-4-9-16-26/h3-24,35H,1-2H3. The molecule has 0 spiro atoms. The Morgan fingerprint density at radius 2 is 0.919 bits per heavy atom. The maximum Gasteiger partial charge on any atom is 0.154 e. The summed E-state index contributed by atoms with van der Waals surface area (Å²) in [6.45, 7) is 0. The quantitative estimate of drug-likeness (QED) is 0.201. The molecule has 3 heteroatoms. The van der Waals surface area contributed by atoms with Crippen molar-refractivity contribution in [3.05, 3.63) is 145 Å². The van der Waals surface area contributed by atoms with E-state index in [0.717, 1.165) is 39.2 Å². The summed E-state index contributed by atoms with van der Waals surface area (Å²) in [6.07, 6.45) is 0. The molecule has 37 heavy (non-hydrogen) atoms. The molecule has 5 aromatic carbocycles. The van der Waals surface area contributed by atoms with Gasteiger partial charge in [-0.05, 0) is 57.6 Å². The van der Waals surface area contributed by atoms with E-state index in [1.165, 1.54) is 11.1 Å². The predicted molar refractivity (Wildman–Crippen MR) is 156 cm³/mol. The number of rotatable bonds is 5. The molecule has 1 N–H and O–H groups in total. The molecule has 0 aliphatic rings. The molecule has 0 atom stereocenters. The van der Waals surface area contributed by atoms with Crippen molar-refractivity contribution in [2.24, 2.45) is 4.99 Å². The van der Waals surface area contributed by atoms with E-state index < -0.39 is 0 Å². The van der Waals surface area contributed by atoms with Gasteiger partial charge < -0.3 is 4.90 Å². The van der Waals surface area contributed by atoms with Gasteiger partial charge in [-0.2, -0.15) is 0 Å². The molecule has 0 radical (unpaired) electrons. The van der Waals surface area contributed by atoms with Crippen LogP contribution >= 0.6 is 0 Å². The van der Waals surface area contributed by atoms with Crippen LogP contribution in [0.15, 0.2) is 138 Å². The Bertz CT molecular complexity index is 1480. The molecule has 0 saturated carbocycles. The zero-order valence-electron chi connectivity index (χ0n) is 21.1. The Labute approximate surface area is 218 Å². The summed E-state index contributed by atoms with van der Waals surface area (Å²) in [5.41, 5.74) is 8.59. The molecule has 5 rings (SSSR count). The Hall–Kier alpha value is -4.76. The van der Waals surface area contributed by atoms with Gasteiger partial charge in [0.1, 0.15) is 5.84 Å². The largest absolute Gasteiger partial charge is 0.362 e. The number of benzene rings is 5. The van der Waals surface area contributed by atoms with Crippen LogP contribution in [-0.4, -0.2) is 30.7 Å². The molecule has 0 bridgehead atoms. The van der Waals surface area contributed by atoms with Crippen molar-refractivity contribution in [3.63, 3.8) is 0 Å². The lowest BCUT2D eigenvalue weighted by Gasteiger charge is -2.16. The number of hydrogen-bond donors (Lipinski definition) is 1. The fraction of sp³-hybridized carbons (Fsp3) is 0.0588. The van der Waals surface area contributed by atoms with Gasteiger partial charge in [0.2, 0.25) is 0 Å². The molecule has 3 nitrogen and oxygen atoms in total. The summed E-state index contributed by atoms with van der Waals surface area (Å²) in [4.78, 5) is 6.66. The minimum Gasteiger partial charge on any atom is -0.362 e. The van der Waals surface area contributed by atoms with Crippen LogP contribution in [0.1, 0.15) is 11.1 Å². The zero-order valence-corrected chi connectivity index (χ0v) is 21.1. The van der Waals surface area contributed by atoms with Gasteiger partial charge in [0.05, 0.1) is 0 Å². The molecule has 0 heterocycles. The first-order valence-electron chi connectivity index (χ1n) is 12.4. The predicted octanol–water partition coefficient (Wildman–Crippen LogP) is 8.02. The van der Waals surface area contributed by atoms with Crippen LogP contribution in [0, 0.1) is 5.41 Å². The molecular formula is C34H29N3. The number of hydrogen-bond acceptors (Lipinski definition) is 1. The first-order valence-corrected chi connectivity index (χ1v) is 12.4. The average molecular weight is 480 g/mol. The van der Waals surface area contributed by atoms with Gasteiger partial charge in [0.25, 0.3) is 0 Å². The SMILES string of the molecule is CN(C)C(=NC(=N)c1cccc(-c2cc(-c3ccccc3)cc(-c3ccccc3)c2)c1)c1ccccc1. The Kier molecular flexibility index (Phi) is 7.05. The van der Waals surface area contributed by atoms with E-state index in [9.17, 15) is 0 Å². The van der Waals surface area contributed by atoms with Crippen LogP contribution in [0.4, 0.5) is 0 Å². The lowest BCUT2D eigenvalue weighted by atomic mass is 9.93. The normalized spacial score (nSPS) is 11.2. The minimum atomic E-state index is 0.233. The van der Waals surface area contributed by atoms with Crippen molar-refractivity contribution in [1.82, 2.24) is 4.90 Å². The van der Waals surface area contributed by atoms with Crippen LogP contribution in [0.3, 0.4) is 0 Å². The third-order valence-corrected chi connectivity index (χ3v) is 6.29. The summed E-state index contributed by atoms with van der Waals surface area (Å²) in [6, 6.07) is 45.7. The monoisotopic (exact) mass is 479 g/mol. The summed E-state index contributed by atoms with van der Waals surface area (Å²) in [5.74, 6) is 0.991. The molecule has 0 aliphatic heterocycles. The third kappa shape index (κ3) is 5.57. The number of nitrogens with zero attached hydrogens (tertiary/aromatic N) is 2. The Balaban J connectivity index is 1.57. The fourth-order valence-electron chi connectivity index (χ4n) is 4.42. The highest BCUT2D eigenvalue weighted by Gasteiger charge is 2.11. The Morgan fingerprint density at radius 3 is 1.43 bits per heavy atom. The highest BCUT2D eigenvalue weighted by atomic mass is 15.1. The summed E-state index contributed by atoms with van der Waals surface area (Å²) in [5, 5.41) is 8.80. The second-order valence-corrected chi connectivity index (χ2v) is 9.16. The van der Waals surface area contributed by atoms with E-state index in [4.69, 9.17) is 10.4 Å². The molecule has 0 saturated heterocycles. The molecule has 0 amide bonds. The second-order valence-electron chi connectivity index (χ2n) is 9.16. The van der Waals surface area contributed by atoms with Gasteiger partial charge in [-0.15, -0.1) is 0 Å². The number of nitrogens with one attached hydrogen (secondary N) is 1. The van der Waals surface area contributed by atoms with Crippen LogP contribution in [-0.2, 0) is 0 Å². The van der Waals surface area contributed by atoms with E-state index in [1.807, 2.05) is 73.6 Å². The minimum absolute atomic E-state index is 0.233. The molecule has 0 aromatic heterocycles. The molecular weight excluding hydrogens is 450 g/mol. The van der Waals surface area contributed by atoms with E-state index in [-0.39, 0.29) is 5.84 Å².